The number of methoxy groups -OCH3 is 1. The van der Waals surface area contributed by atoms with Gasteiger partial charge in [0, 0.05) is 54.7 Å². The van der Waals surface area contributed by atoms with Crippen LogP contribution in [-0.2, 0) is 23.5 Å². The number of alkyl halides is 3. The lowest BCUT2D eigenvalue weighted by molar-refractivity contribution is -0.142. The molecule has 0 saturated carbocycles. The van der Waals surface area contributed by atoms with Gasteiger partial charge in [0.2, 0.25) is 0 Å². The van der Waals surface area contributed by atoms with E-state index in [9.17, 15) is 31.2 Å². The summed E-state index contributed by atoms with van der Waals surface area (Å²) < 4.78 is 73.0. The van der Waals surface area contributed by atoms with Crippen LogP contribution in [0.25, 0.3) is 10.9 Å². The summed E-state index contributed by atoms with van der Waals surface area (Å²) in [5.41, 5.74) is 3.30. The Balaban J connectivity index is 1.54. The number of nitrogens with one attached hydrogen (secondary N) is 2. The second kappa shape index (κ2) is 12.5. The van der Waals surface area contributed by atoms with E-state index in [0.29, 0.717) is 28.9 Å². The van der Waals surface area contributed by atoms with Gasteiger partial charge in [-0.05, 0) is 65.9 Å². The zero-order valence-electron chi connectivity index (χ0n) is 24.1. The van der Waals surface area contributed by atoms with Gasteiger partial charge in [0.15, 0.2) is 0 Å². The van der Waals surface area contributed by atoms with Crippen LogP contribution in [0, 0.1) is 12.8 Å². The maximum atomic E-state index is 12.9. The largest absolute Gasteiger partial charge is 0.496 e. The highest BCUT2D eigenvalue weighted by atomic mass is 32.2. The number of nitrogens with zero attached hydrogens (tertiary/aromatic N) is 1. The van der Waals surface area contributed by atoms with Crippen molar-refractivity contribution in [3.8, 4) is 5.75 Å². The third kappa shape index (κ3) is 7.56. The first-order chi connectivity index (χ1) is 20.2. The zero-order valence-corrected chi connectivity index (χ0v) is 24.9. The van der Waals surface area contributed by atoms with Crippen molar-refractivity contribution in [1.29, 1.82) is 0 Å². The van der Waals surface area contributed by atoms with Crippen LogP contribution < -0.4 is 14.8 Å². The lowest BCUT2D eigenvalue weighted by Crippen LogP contribution is -2.31. The van der Waals surface area contributed by atoms with E-state index < -0.39 is 40.4 Å². The van der Waals surface area contributed by atoms with E-state index in [2.05, 4.69) is 10.0 Å². The van der Waals surface area contributed by atoms with Gasteiger partial charge < -0.3 is 14.6 Å². The summed E-state index contributed by atoms with van der Waals surface area (Å²) in [6.07, 6.45) is -3.03. The number of benzene rings is 3. The Morgan fingerprint density at radius 3 is 2.33 bits per heavy atom. The van der Waals surface area contributed by atoms with Crippen molar-refractivity contribution in [1.82, 2.24) is 14.6 Å². The Hall–Kier alpha value is -4.32. The van der Waals surface area contributed by atoms with Crippen LogP contribution in [0.1, 0.15) is 50.8 Å². The van der Waals surface area contributed by atoms with Crippen molar-refractivity contribution in [3.05, 3.63) is 94.7 Å². The molecule has 0 radical (unpaired) electrons. The third-order valence-electron chi connectivity index (χ3n) is 7.07. The molecule has 12 heteroatoms. The third-order valence-corrected chi connectivity index (χ3v) is 8.56. The molecule has 228 valence electrons. The Labute approximate surface area is 247 Å². The van der Waals surface area contributed by atoms with Gasteiger partial charge in [-0.2, -0.15) is 13.2 Å². The molecule has 0 saturated heterocycles. The van der Waals surface area contributed by atoms with Crippen LogP contribution in [0.15, 0.2) is 71.8 Å². The van der Waals surface area contributed by atoms with Gasteiger partial charge in [0.1, 0.15) is 5.75 Å². The Kier molecular flexibility index (Phi) is 9.19. The molecule has 2 N–H and O–H groups in total. The topological polar surface area (TPSA) is 106 Å². The standard InChI is InChI=1S/C31H32F3N3O5S/c1-19(16-31(32,33)34)17-35-29(38)22-11-12-26-25(14-22)24(18-37(26)3)13-21-9-10-23(15-27(21)42-4)30(39)36-43(40,41)28-8-6-5-7-20(28)2/h5-12,14-15,18-19H,13,16-17H2,1-4H3,(H,35,38)(H,36,39)/t19-/m0/s1. The van der Waals surface area contributed by atoms with Gasteiger partial charge in [-0.15, -0.1) is 0 Å². The molecule has 0 bridgehead atoms. The molecule has 8 nitrogen and oxygen atoms in total. The fourth-order valence-corrected chi connectivity index (χ4v) is 6.14. The van der Waals surface area contributed by atoms with Crippen molar-refractivity contribution in [2.45, 2.75) is 37.8 Å². The van der Waals surface area contributed by atoms with E-state index in [4.69, 9.17) is 4.74 Å². The normalized spacial score (nSPS) is 12.6. The van der Waals surface area contributed by atoms with Crippen LogP contribution in [0.3, 0.4) is 0 Å². The molecule has 3 aromatic carbocycles. The van der Waals surface area contributed by atoms with E-state index in [1.807, 2.05) is 17.8 Å². The van der Waals surface area contributed by atoms with E-state index in [1.165, 1.54) is 32.2 Å². The van der Waals surface area contributed by atoms with Gasteiger partial charge in [0.25, 0.3) is 21.8 Å². The minimum atomic E-state index is -4.30. The highest BCUT2D eigenvalue weighted by Crippen LogP contribution is 2.29. The Bertz CT molecular complexity index is 1780. The molecule has 1 heterocycles. The number of ether oxygens (including phenoxy) is 1. The average Bonchev–Trinajstić information content (AvgIpc) is 3.24. The summed E-state index contributed by atoms with van der Waals surface area (Å²) >= 11 is 0. The summed E-state index contributed by atoms with van der Waals surface area (Å²) in [7, 11) is -0.801. The zero-order chi connectivity index (χ0) is 31.5. The minimum Gasteiger partial charge on any atom is -0.496 e. The van der Waals surface area contributed by atoms with Crippen molar-refractivity contribution < 1.29 is 35.9 Å². The van der Waals surface area contributed by atoms with E-state index >= 15 is 0 Å². The second-order valence-corrected chi connectivity index (χ2v) is 12.2. The summed E-state index contributed by atoms with van der Waals surface area (Å²) in [4.78, 5) is 25.6. The lowest BCUT2D eigenvalue weighted by Gasteiger charge is -2.15. The minimum absolute atomic E-state index is 0.00626. The molecule has 4 aromatic rings. The lowest BCUT2D eigenvalue weighted by atomic mass is 10.0. The van der Waals surface area contributed by atoms with Gasteiger partial charge >= 0.3 is 6.18 Å². The maximum absolute atomic E-state index is 12.9. The number of fused-ring (bicyclic) bond motifs is 1. The number of amides is 2. The molecule has 1 aromatic heterocycles. The molecule has 43 heavy (non-hydrogen) atoms. The fraction of sp³-hybridized carbons (Fsp3) is 0.290. The number of halogens is 3. The van der Waals surface area contributed by atoms with Crippen LogP contribution in [0.5, 0.6) is 5.75 Å². The van der Waals surface area contributed by atoms with Gasteiger partial charge in [0.05, 0.1) is 12.0 Å². The predicted octanol–water partition coefficient (Wildman–Crippen LogP) is 5.52. The molecule has 2 amide bonds. The van der Waals surface area contributed by atoms with Gasteiger partial charge in [-0.25, -0.2) is 13.1 Å². The number of carbonyl (C=O) groups is 2. The Morgan fingerprint density at radius 2 is 1.65 bits per heavy atom. The summed E-state index contributed by atoms with van der Waals surface area (Å²) in [5.74, 6) is -1.68. The first-order valence-corrected chi connectivity index (χ1v) is 14.9. The maximum Gasteiger partial charge on any atom is 0.389 e. The number of aromatic nitrogens is 1. The molecule has 0 aliphatic heterocycles. The van der Waals surface area contributed by atoms with Crippen LogP contribution in [0.4, 0.5) is 13.2 Å². The molecule has 0 aliphatic carbocycles. The highest BCUT2D eigenvalue weighted by molar-refractivity contribution is 7.90. The molecule has 0 aliphatic rings. The van der Waals surface area contributed by atoms with Gasteiger partial charge in [-0.3, -0.25) is 9.59 Å². The Morgan fingerprint density at radius 1 is 0.977 bits per heavy atom. The number of rotatable bonds is 10. The first kappa shape index (κ1) is 31.6. The van der Waals surface area contributed by atoms with Crippen LogP contribution in [0.2, 0.25) is 0 Å². The van der Waals surface area contributed by atoms with Crippen molar-refractivity contribution in [3.63, 3.8) is 0 Å². The summed E-state index contributed by atoms with van der Waals surface area (Å²) in [5, 5.41) is 3.35. The SMILES string of the molecule is COc1cc(C(=O)NS(=O)(=O)c2ccccc2C)ccc1Cc1cn(C)c2ccc(C(=O)NC[C@@H](C)CC(F)(F)F)cc12. The van der Waals surface area contributed by atoms with E-state index in [-0.39, 0.29) is 17.0 Å². The highest BCUT2D eigenvalue weighted by Gasteiger charge is 2.30. The fourth-order valence-electron chi connectivity index (χ4n) is 4.92. The van der Waals surface area contributed by atoms with Crippen molar-refractivity contribution in [2.75, 3.05) is 13.7 Å². The smallest absolute Gasteiger partial charge is 0.389 e. The van der Waals surface area contributed by atoms with Crippen molar-refractivity contribution >= 4 is 32.7 Å². The van der Waals surface area contributed by atoms with Crippen LogP contribution >= 0.6 is 0 Å². The number of hydrogen-bond donors (Lipinski definition) is 2. The number of carbonyl (C=O) groups excluding carboxylic acids is 2. The molecule has 0 unspecified atom stereocenters. The molecule has 1 atom stereocenters. The summed E-state index contributed by atoms with van der Waals surface area (Å²) in [6, 6.07) is 16.1. The van der Waals surface area contributed by atoms with E-state index in [1.54, 1.807) is 49.4 Å². The first-order valence-electron chi connectivity index (χ1n) is 13.4. The average molecular weight is 616 g/mol. The second-order valence-electron chi connectivity index (χ2n) is 10.5. The van der Waals surface area contributed by atoms with Crippen LogP contribution in [-0.4, -0.2) is 44.6 Å². The quantitative estimate of drug-likeness (QED) is 0.244. The molecule has 0 spiro atoms. The number of sulfonamides is 1. The number of hydrogen-bond acceptors (Lipinski definition) is 5. The number of aryl methyl sites for hydroxylation is 2. The molecular weight excluding hydrogens is 583 g/mol. The monoisotopic (exact) mass is 615 g/mol. The predicted molar refractivity (Wildman–Crippen MR) is 157 cm³/mol. The van der Waals surface area contributed by atoms with Gasteiger partial charge in [-0.1, -0.05) is 31.2 Å². The van der Waals surface area contributed by atoms with Crippen molar-refractivity contribution in [2.24, 2.45) is 13.0 Å². The molecule has 4 rings (SSSR count). The molecule has 0 fully saturated rings. The summed E-state index contributed by atoms with van der Waals surface area (Å²) in [6.45, 7) is 2.96. The van der Waals surface area contributed by atoms with E-state index in [0.717, 1.165) is 16.5 Å². The molecular formula is C31H32F3N3O5S.